The van der Waals surface area contributed by atoms with E-state index in [0.717, 1.165) is 4.47 Å². The first-order chi connectivity index (χ1) is 20.0. The van der Waals surface area contributed by atoms with Gasteiger partial charge in [-0.3, -0.25) is 19.4 Å². The van der Waals surface area contributed by atoms with E-state index in [4.69, 9.17) is 0 Å². The molecule has 3 aromatic carbocycles. The molecule has 2 unspecified atom stereocenters. The third-order valence-electron chi connectivity index (χ3n) is 7.03. The second kappa shape index (κ2) is 11.8. The van der Waals surface area contributed by atoms with Crippen LogP contribution in [0.25, 0.3) is 0 Å². The topological polar surface area (TPSA) is 123 Å². The Morgan fingerprint density at radius 3 is 2.52 bits per heavy atom. The Morgan fingerprint density at radius 2 is 1.86 bits per heavy atom. The molecule has 0 saturated carbocycles. The smallest absolute Gasteiger partial charge is 0.395 e. The number of guanidine groups is 1. The van der Waals surface area contributed by atoms with Crippen LogP contribution in [0.3, 0.4) is 0 Å². The number of hydrogen-bond acceptors (Lipinski definition) is 6. The van der Waals surface area contributed by atoms with Gasteiger partial charge in [-0.15, -0.1) is 0 Å². The standard InChI is InChI=1S/C29H25BrF3N5O4/c30-20-7-4-16(5-8-20)24(12-25(39)40)38-15-18-6-9-22(11-23(18)27(38)42)36-26(41)17-2-1-3-21(10-17)37-28-34-13-19(14-35-28)29(31,32)33/h1-11,19,24H,12-15H2,(H,36,41)(H,39,40)(H2,34,35,37). The van der Waals surface area contributed by atoms with E-state index in [9.17, 15) is 32.7 Å². The van der Waals surface area contributed by atoms with E-state index < -0.39 is 36.6 Å². The molecule has 0 bridgehead atoms. The number of carbonyl (C=O) groups excluding carboxylic acids is 2. The predicted molar refractivity (Wildman–Crippen MR) is 153 cm³/mol. The van der Waals surface area contributed by atoms with Crippen molar-refractivity contribution < 1.29 is 32.7 Å². The maximum atomic E-state index is 13.4. The zero-order chi connectivity index (χ0) is 30.0. The molecule has 3 aromatic rings. The first kappa shape index (κ1) is 29.1. The fourth-order valence-corrected chi connectivity index (χ4v) is 5.10. The number of halogens is 4. The summed E-state index contributed by atoms with van der Waals surface area (Å²) in [5.41, 5.74) is 2.88. The molecule has 0 aromatic heterocycles. The SMILES string of the molecule is O=C(O)CC(c1ccc(Br)cc1)N1Cc2ccc(NC(=O)c3cccc(NC4=NCC(C(F)(F)F)CN4)c3)cc2C1=O. The number of aliphatic carboxylic acids is 1. The van der Waals surface area contributed by atoms with Crippen molar-refractivity contribution in [1.29, 1.82) is 0 Å². The van der Waals surface area contributed by atoms with Crippen LogP contribution in [0.5, 0.6) is 0 Å². The van der Waals surface area contributed by atoms with Crippen LogP contribution >= 0.6 is 15.9 Å². The molecule has 5 rings (SSSR count). The van der Waals surface area contributed by atoms with Crippen LogP contribution in [0.15, 0.2) is 76.2 Å². The highest BCUT2D eigenvalue weighted by Gasteiger charge is 2.40. The molecule has 42 heavy (non-hydrogen) atoms. The lowest BCUT2D eigenvalue weighted by Crippen LogP contribution is -2.45. The number of carboxylic acid groups (broad SMARTS) is 1. The summed E-state index contributed by atoms with van der Waals surface area (Å²) in [6, 6.07) is 17.8. The fraction of sp³-hybridized carbons (Fsp3) is 0.241. The molecule has 218 valence electrons. The lowest BCUT2D eigenvalue weighted by molar-refractivity contribution is -0.170. The number of aliphatic imine (C=N–C) groups is 1. The highest BCUT2D eigenvalue weighted by atomic mass is 79.9. The minimum absolute atomic E-state index is 0.180. The predicted octanol–water partition coefficient (Wildman–Crippen LogP) is 5.42. The summed E-state index contributed by atoms with van der Waals surface area (Å²) in [4.78, 5) is 43.5. The van der Waals surface area contributed by atoms with Gasteiger partial charge in [-0.1, -0.05) is 40.2 Å². The number of nitrogens with zero attached hydrogens (tertiary/aromatic N) is 2. The summed E-state index contributed by atoms with van der Waals surface area (Å²) in [6.45, 7) is -0.469. The number of nitrogens with one attached hydrogen (secondary N) is 3. The quantitative estimate of drug-likeness (QED) is 0.273. The van der Waals surface area contributed by atoms with Crippen molar-refractivity contribution >= 4 is 51.0 Å². The van der Waals surface area contributed by atoms with Crippen molar-refractivity contribution in [1.82, 2.24) is 10.2 Å². The van der Waals surface area contributed by atoms with Crippen LogP contribution in [-0.4, -0.2) is 53.0 Å². The molecule has 4 N–H and O–H groups in total. The third kappa shape index (κ3) is 6.56. The van der Waals surface area contributed by atoms with Crippen molar-refractivity contribution in [3.63, 3.8) is 0 Å². The molecule has 2 heterocycles. The highest BCUT2D eigenvalue weighted by Crippen LogP contribution is 2.35. The van der Waals surface area contributed by atoms with Gasteiger partial charge < -0.3 is 26.0 Å². The molecule has 0 fully saturated rings. The Hall–Kier alpha value is -4.39. The number of amides is 2. The van der Waals surface area contributed by atoms with Gasteiger partial charge in [-0.05, 0) is 53.6 Å². The van der Waals surface area contributed by atoms with Crippen LogP contribution in [0.2, 0.25) is 0 Å². The number of fused-ring (bicyclic) bond motifs is 1. The maximum Gasteiger partial charge on any atom is 0.395 e. The summed E-state index contributed by atoms with van der Waals surface area (Å²) in [5, 5.41) is 17.8. The van der Waals surface area contributed by atoms with Crippen LogP contribution in [-0.2, 0) is 11.3 Å². The molecular weight excluding hydrogens is 619 g/mol. The molecule has 2 aliphatic heterocycles. The van der Waals surface area contributed by atoms with E-state index in [0.29, 0.717) is 28.1 Å². The number of carbonyl (C=O) groups is 3. The molecule has 9 nitrogen and oxygen atoms in total. The fourth-order valence-electron chi connectivity index (χ4n) is 4.83. The number of alkyl halides is 3. The largest absolute Gasteiger partial charge is 0.481 e. The van der Waals surface area contributed by atoms with Crippen molar-refractivity contribution in [3.05, 3.63) is 93.5 Å². The molecule has 0 spiro atoms. The Bertz CT molecular complexity index is 1560. The number of hydrogen-bond donors (Lipinski definition) is 4. The highest BCUT2D eigenvalue weighted by molar-refractivity contribution is 9.10. The van der Waals surface area contributed by atoms with Crippen LogP contribution < -0.4 is 16.0 Å². The van der Waals surface area contributed by atoms with Gasteiger partial charge in [-0.2, -0.15) is 13.2 Å². The molecule has 0 saturated heterocycles. The van der Waals surface area contributed by atoms with E-state index in [-0.39, 0.29) is 36.9 Å². The number of benzene rings is 3. The third-order valence-corrected chi connectivity index (χ3v) is 7.56. The molecule has 2 atom stereocenters. The van der Waals surface area contributed by atoms with Crippen LogP contribution in [0, 0.1) is 5.92 Å². The molecule has 0 aliphatic carbocycles. The minimum atomic E-state index is -4.33. The monoisotopic (exact) mass is 643 g/mol. The summed E-state index contributed by atoms with van der Waals surface area (Å²) < 4.78 is 39.5. The number of anilines is 2. The zero-order valence-electron chi connectivity index (χ0n) is 21.9. The normalized spacial score (nSPS) is 17.1. The van der Waals surface area contributed by atoms with Gasteiger partial charge in [0.25, 0.3) is 11.8 Å². The summed E-state index contributed by atoms with van der Waals surface area (Å²) in [5.74, 6) is -3.22. The lowest BCUT2D eigenvalue weighted by atomic mass is 10.0. The lowest BCUT2D eigenvalue weighted by Gasteiger charge is -2.27. The van der Waals surface area contributed by atoms with E-state index in [2.05, 4.69) is 36.9 Å². The Morgan fingerprint density at radius 1 is 1.10 bits per heavy atom. The first-order valence-electron chi connectivity index (χ1n) is 12.9. The summed E-state index contributed by atoms with van der Waals surface area (Å²) in [7, 11) is 0. The van der Waals surface area contributed by atoms with Gasteiger partial charge in [0, 0.05) is 40.1 Å². The molecule has 13 heteroatoms. The van der Waals surface area contributed by atoms with Gasteiger partial charge in [0.05, 0.1) is 24.9 Å². The van der Waals surface area contributed by atoms with E-state index in [1.54, 1.807) is 60.7 Å². The van der Waals surface area contributed by atoms with Gasteiger partial charge in [0.2, 0.25) is 0 Å². The van der Waals surface area contributed by atoms with E-state index >= 15 is 0 Å². The van der Waals surface area contributed by atoms with Gasteiger partial charge in [0.1, 0.15) is 0 Å². The van der Waals surface area contributed by atoms with Crippen molar-refractivity contribution in [2.24, 2.45) is 10.9 Å². The van der Waals surface area contributed by atoms with Gasteiger partial charge in [-0.25, -0.2) is 0 Å². The first-order valence-corrected chi connectivity index (χ1v) is 13.7. The second-order valence-corrected chi connectivity index (χ2v) is 10.9. The zero-order valence-corrected chi connectivity index (χ0v) is 23.5. The minimum Gasteiger partial charge on any atom is -0.481 e. The molecule has 0 radical (unpaired) electrons. The summed E-state index contributed by atoms with van der Waals surface area (Å²) in [6.07, 6.45) is -4.60. The average molecular weight is 644 g/mol. The average Bonchev–Trinajstić information content (AvgIpc) is 3.27. The van der Waals surface area contributed by atoms with Crippen molar-refractivity contribution in [2.45, 2.75) is 25.2 Å². The van der Waals surface area contributed by atoms with E-state index in [1.165, 1.54) is 11.0 Å². The van der Waals surface area contributed by atoms with Crippen LogP contribution in [0.1, 0.15) is 44.3 Å². The maximum absolute atomic E-state index is 13.4. The molecular formula is C29H25BrF3N5O4. The van der Waals surface area contributed by atoms with Crippen molar-refractivity contribution in [3.8, 4) is 0 Å². The van der Waals surface area contributed by atoms with Crippen molar-refractivity contribution in [2.75, 3.05) is 23.7 Å². The second-order valence-electron chi connectivity index (χ2n) is 9.94. The van der Waals surface area contributed by atoms with Gasteiger partial charge >= 0.3 is 12.1 Å². The molecule has 2 amide bonds. The van der Waals surface area contributed by atoms with Gasteiger partial charge in [0.15, 0.2) is 5.96 Å². The summed E-state index contributed by atoms with van der Waals surface area (Å²) >= 11 is 3.37. The Kier molecular flexibility index (Phi) is 8.21. The molecule has 2 aliphatic rings. The Balaban J connectivity index is 1.27. The Labute approximate surface area is 246 Å². The van der Waals surface area contributed by atoms with Crippen LogP contribution in [0.4, 0.5) is 24.5 Å². The number of carboxylic acids is 1. The van der Waals surface area contributed by atoms with E-state index in [1.807, 2.05) is 0 Å². The number of rotatable bonds is 7.